The maximum atomic E-state index is 9.46. The maximum absolute atomic E-state index is 9.46. The molecule has 0 saturated carbocycles. The molecule has 0 atom stereocenters. The number of nitrogens with zero attached hydrogens (tertiary/aromatic N) is 4. The van der Waals surface area contributed by atoms with Gasteiger partial charge in [-0.25, -0.2) is 0 Å². The largest absolute Gasteiger partial charge is 0.310 e. The molecule has 0 amide bonds. The average Bonchev–Trinajstić information content (AvgIpc) is 3.41. The molecule has 4 nitrogen and oxygen atoms in total. The number of anilines is 3. The molecule has 0 radical (unpaired) electrons. The standard InChI is InChI=1S/C38H24N4/c39-24-26-11-16-31(17-12-26)41(32-18-13-27(14-19-32)29-7-5-23-40-25-29)34-21-22-36-38-33(34)20-15-28-6-4-10-35(37(28)38)42(36)30-8-2-1-3-9-30/h1-23,25H. The van der Waals surface area contributed by atoms with Crippen LogP contribution in [0.2, 0.25) is 0 Å². The minimum atomic E-state index is 0.637. The van der Waals surface area contributed by atoms with Gasteiger partial charge in [-0.05, 0) is 89.3 Å². The van der Waals surface area contributed by atoms with Gasteiger partial charge in [0.15, 0.2) is 0 Å². The summed E-state index contributed by atoms with van der Waals surface area (Å²) in [5.74, 6) is 0. The van der Waals surface area contributed by atoms with Gasteiger partial charge in [0.05, 0.1) is 28.4 Å². The summed E-state index contributed by atoms with van der Waals surface area (Å²) in [6, 6.07) is 48.7. The Balaban J connectivity index is 1.38. The fraction of sp³-hybridized carbons (Fsp3) is 0. The minimum absolute atomic E-state index is 0.637. The summed E-state index contributed by atoms with van der Waals surface area (Å²) in [6.07, 6.45) is 3.68. The summed E-state index contributed by atoms with van der Waals surface area (Å²) < 4.78 is 2.36. The molecule has 2 aromatic heterocycles. The van der Waals surface area contributed by atoms with Crippen molar-refractivity contribution in [3.63, 3.8) is 0 Å². The average molecular weight is 537 g/mol. The van der Waals surface area contributed by atoms with Crippen LogP contribution >= 0.6 is 0 Å². The number of pyridine rings is 1. The molecule has 8 aromatic rings. The van der Waals surface area contributed by atoms with E-state index < -0.39 is 0 Å². The number of benzene rings is 6. The highest BCUT2D eigenvalue weighted by atomic mass is 15.1. The lowest BCUT2D eigenvalue weighted by Gasteiger charge is -2.27. The van der Waals surface area contributed by atoms with Crippen LogP contribution in [0, 0.1) is 11.3 Å². The molecule has 0 unspecified atom stereocenters. The molecule has 0 aliphatic rings. The van der Waals surface area contributed by atoms with Crippen molar-refractivity contribution >= 4 is 49.6 Å². The van der Waals surface area contributed by atoms with Gasteiger partial charge >= 0.3 is 0 Å². The lowest BCUT2D eigenvalue weighted by molar-refractivity contribution is 1.18. The number of hydrogen-bond donors (Lipinski definition) is 0. The third-order valence-corrected chi connectivity index (χ3v) is 8.07. The van der Waals surface area contributed by atoms with Crippen LogP contribution in [0.1, 0.15) is 5.56 Å². The number of rotatable bonds is 5. The predicted octanol–water partition coefficient (Wildman–Crippen LogP) is 9.78. The van der Waals surface area contributed by atoms with Crippen LogP contribution in [0.3, 0.4) is 0 Å². The van der Waals surface area contributed by atoms with Crippen LogP contribution in [0.4, 0.5) is 17.1 Å². The second-order valence-electron chi connectivity index (χ2n) is 10.4. The zero-order chi connectivity index (χ0) is 28.0. The molecular formula is C38H24N4. The third kappa shape index (κ3) is 3.72. The molecule has 0 aliphatic carbocycles. The lowest BCUT2D eigenvalue weighted by Crippen LogP contribution is -2.10. The quantitative estimate of drug-likeness (QED) is 0.206. The first-order chi connectivity index (χ1) is 20.8. The molecule has 0 N–H and O–H groups in total. The number of para-hydroxylation sites is 1. The summed E-state index contributed by atoms with van der Waals surface area (Å²) >= 11 is 0. The third-order valence-electron chi connectivity index (χ3n) is 8.07. The van der Waals surface area contributed by atoms with Crippen LogP contribution in [0.5, 0.6) is 0 Å². The van der Waals surface area contributed by atoms with Crippen molar-refractivity contribution in [1.29, 1.82) is 5.26 Å². The number of nitriles is 1. The molecule has 0 aliphatic heterocycles. The Labute approximate surface area is 243 Å². The van der Waals surface area contributed by atoms with Crippen LogP contribution in [-0.2, 0) is 0 Å². The fourth-order valence-electron chi connectivity index (χ4n) is 6.17. The second-order valence-corrected chi connectivity index (χ2v) is 10.4. The molecule has 8 rings (SSSR count). The molecule has 4 heteroatoms. The Hall–Kier alpha value is -5.92. The van der Waals surface area contributed by atoms with E-state index in [1.807, 2.05) is 36.5 Å². The SMILES string of the molecule is N#Cc1ccc(N(c2ccc(-c3cccnc3)cc2)c2ccc3c4c2ccc2cccc(c24)n3-c2ccccc2)cc1. The summed E-state index contributed by atoms with van der Waals surface area (Å²) in [6.45, 7) is 0. The van der Waals surface area contributed by atoms with Gasteiger partial charge in [-0.1, -0.05) is 60.7 Å². The summed E-state index contributed by atoms with van der Waals surface area (Å²) in [5, 5.41) is 14.4. The first-order valence-corrected chi connectivity index (χ1v) is 13.9. The smallest absolute Gasteiger partial charge is 0.0991 e. The van der Waals surface area contributed by atoms with E-state index in [4.69, 9.17) is 0 Å². The van der Waals surface area contributed by atoms with E-state index in [-0.39, 0.29) is 0 Å². The summed E-state index contributed by atoms with van der Waals surface area (Å²) in [5.41, 5.74) is 9.45. The molecular weight excluding hydrogens is 512 g/mol. The van der Waals surface area contributed by atoms with E-state index in [0.29, 0.717) is 5.56 Å². The van der Waals surface area contributed by atoms with E-state index in [1.165, 1.54) is 32.6 Å². The van der Waals surface area contributed by atoms with Crippen molar-refractivity contribution < 1.29 is 0 Å². The van der Waals surface area contributed by atoms with Crippen molar-refractivity contribution in [3.8, 4) is 22.9 Å². The van der Waals surface area contributed by atoms with Crippen molar-refractivity contribution in [1.82, 2.24) is 9.55 Å². The second kappa shape index (κ2) is 9.62. The maximum Gasteiger partial charge on any atom is 0.0991 e. The van der Waals surface area contributed by atoms with E-state index in [9.17, 15) is 5.26 Å². The van der Waals surface area contributed by atoms with Crippen molar-refractivity contribution in [2.24, 2.45) is 0 Å². The molecule has 196 valence electrons. The summed E-state index contributed by atoms with van der Waals surface area (Å²) in [7, 11) is 0. The Morgan fingerprint density at radius 1 is 0.595 bits per heavy atom. The van der Waals surface area contributed by atoms with E-state index in [1.54, 1.807) is 6.20 Å². The Morgan fingerprint density at radius 3 is 2.10 bits per heavy atom. The highest BCUT2D eigenvalue weighted by Crippen LogP contribution is 2.45. The van der Waals surface area contributed by atoms with Crippen molar-refractivity contribution in [2.45, 2.75) is 0 Å². The molecule has 0 spiro atoms. The van der Waals surface area contributed by atoms with Gasteiger partial charge in [-0.2, -0.15) is 5.26 Å². The van der Waals surface area contributed by atoms with E-state index >= 15 is 0 Å². The van der Waals surface area contributed by atoms with Gasteiger partial charge in [0.25, 0.3) is 0 Å². The predicted molar refractivity (Wildman–Crippen MR) is 172 cm³/mol. The van der Waals surface area contributed by atoms with E-state index in [2.05, 4.69) is 124 Å². The lowest BCUT2D eigenvalue weighted by atomic mass is 9.99. The normalized spacial score (nSPS) is 11.3. The molecule has 42 heavy (non-hydrogen) atoms. The van der Waals surface area contributed by atoms with Crippen LogP contribution in [0.25, 0.3) is 49.4 Å². The Kier molecular flexibility index (Phi) is 5.48. The molecule has 2 heterocycles. The molecule has 0 fully saturated rings. The van der Waals surface area contributed by atoms with Crippen LogP contribution in [-0.4, -0.2) is 9.55 Å². The Bertz CT molecular complexity index is 2230. The number of hydrogen-bond acceptors (Lipinski definition) is 3. The minimum Gasteiger partial charge on any atom is -0.310 e. The summed E-state index contributed by atoms with van der Waals surface area (Å²) in [4.78, 5) is 6.57. The zero-order valence-corrected chi connectivity index (χ0v) is 22.6. The highest BCUT2D eigenvalue weighted by Gasteiger charge is 2.22. The molecule has 0 bridgehead atoms. The topological polar surface area (TPSA) is 44.9 Å². The zero-order valence-electron chi connectivity index (χ0n) is 22.6. The Morgan fingerprint density at radius 2 is 1.36 bits per heavy atom. The van der Waals surface area contributed by atoms with Gasteiger partial charge in [-0.15, -0.1) is 0 Å². The van der Waals surface area contributed by atoms with Gasteiger partial charge < -0.3 is 9.47 Å². The van der Waals surface area contributed by atoms with Gasteiger partial charge in [0, 0.05) is 45.6 Å². The molecule has 6 aromatic carbocycles. The first-order valence-electron chi connectivity index (χ1n) is 13.9. The van der Waals surface area contributed by atoms with Gasteiger partial charge in [0.2, 0.25) is 0 Å². The van der Waals surface area contributed by atoms with E-state index in [0.717, 1.165) is 33.9 Å². The monoisotopic (exact) mass is 536 g/mol. The van der Waals surface area contributed by atoms with Crippen molar-refractivity contribution in [3.05, 3.63) is 151 Å². The fourth-order valence-corrected chi connectivity index (χ4v) is 6.17. The number of aromatic nitrogens is 2. The highest BCUT2D eigenvalue weighted by molar-refractivity contribution is 6.26. The molecule has 0 saturated heterocycles. The van der Waals surface area contributed by atoms with Crippen molar-refractivity contribution in [2.75, 3.05) is 4.90 Å². The first kappa shape index (κ1) is 23.9. The van der Waals surface area contributed by atoms with Crippen LogP contribution < -0.4 is 4.90 Å². The van der Waals surface area contributed by atoms with Gasteiger partial charge in [0.1, 0.15) is 0 Å². The van der Waals surface area contributed by atoms with Gasteiger partial charge in [-0.3, -0.25) is 4.98 Å². The van der Waals surface area contributed by atoms with Crippen LogP contribution in [0.15, 0.2) is 146 Å².